The Morgan fingerprint density at radius 2 is 2.11 bits per heavy atom. The van der Waals surface area contributed by atoms with Crippen molar-refractivity contribution in [1.82, 2.24) is 10.3 Å². The van der Waals surface area contributed by atoms with Gasteiger partial charge in [-0.3, -0.25) is 4.79 Å². The molecule has 0 spiro atoms. The van der Waals surface area contributed by atoms with Gasteiger partial charge in [0.15, 0.2) is 11.5 Å². The summed E-state index contributed by atoms with van der Waals surface area (Å²) >= 11 is 0. The van der Waals surface area contributed by atoms with Crippen LogP contribution in [0.2, 0.25) is 0 Å². The van der Waals surface area contributed by atoms with Crippen LogP contribution in [0.1, 0.15) is 34.7 Å². The predicted octanol–water partition coefficient (Wildman–Crippen LogP) is 3.34. The number of ether oxygens (including phenoxy) is 2. The van der Waals surface area contributed by atoms with Gasteiger partial charge in [-0.1, -0.05) is 12.1 Å². The molecule has 6 nitrogen and oxygen atoms in total. The average Bonchev–Trinajstić information content (AvgIpc) is 3.35. The number of amides is 1. The van der Waals surface area contributed by atoms with Gasteiger partial charge in [-0.2, -0.15) is 0 Å². The zero-order valence-electron chi connectivity index (χ0n) is 15.2. The lowest BCUT2D eigenvalue weighted by molar-refractivity contribution is 0.0858. The molecule has 2 aromatic carbocycles. The molecule has 1 aromatic heterocycles. The molecule has 0 aliphatic carbocycles. The highest BCUT2D eigenvalue weighted by molar-refractivity contribution is 5.97. The maximum absolute atomic E-state index is 12.4. The van der Waals surface area contributed by atoms with E-state index in [4.69, 9.17) is 13.9 Å². The molecule has 2 heterocycles. The van der Waals surface area contributed by atoms with Gasteiger partial charge in [0.05, 0.1) is 13.2 Å². The lowest BCUT2D eigenvalue weighted by Crippen LogP contribution is -2.31. The third-order valence-electron chi connectivity index (χ3n) is 4.72. The minimum Gasteiger partial charge on any atom is -0.497 e. The van der Waals surface area contributed by atoms with Gasteiger partial charge < -0.3 is 19.2 Å². The Morgan fingerprint density at radius 1 is 1.26 bits per heavy atom. The van der Waals surface area contributed by atoms with Crippen molar-refractivity contribution in [2.75, 3.05) is 20.3 Å². The van der Waals surface area contributed by atoms with E-state index in [1.165, 1.54) is 0 Å². The lowest BCUT2D eigenvalue weighted by atomic mass is 10.1. The van der Waals surface area contributed by atoms with Gasteiger partial charge >= 0.3 is 0 Å². The van der Waals surface area contributed by atoms with E-state index in [0.29, 0.717) is 30.0 Å². The van der Waals surface area contributed by atoms with Gasteiger partial charge in [0.25, 0.3) is 5.91 Å². The van der Waals surface area contributed by atoms with Crippen LogP contribution in [-0.4, -0.2) is 37.3 Å². The molecule has 1 aliphatic heterocycles. The summed E-state index contributed by atoms with van der Waals surface area (Å²) in [6.07, 6.45) is 2.76. The van der Waals surface area contributed by atoms with Crippen LogP contribution in [0.5, 0.6) is 5.75 Å². The summed E-state index contributed by atoms with van der Waals surface area (Å²) in [7, 11) is 1.64. The standard InChI is InChI=1S/C21H22N2O4/c1-25-16-7-4-14(5-8-16)11-20-23-18-9-6-15(12-19(18)27-20)21(24)22-13-17-3-2-10-26-17/h4-9,12,17H,2-3,10-11,13H2,1H3,(H,22,24). The second kappa shape index (κ2) is 7.80. The lowest BCUT2D eigenvalue weighted by Gasteiger charge is -2.10. The van der Waals surface area contributed by atoms with Crippen LogP contribution in [0.25, 0.3) is 11.1 Å². The molecule has 1 aliphatic rings. The molecule has 27 heavy (non-hydrogen) atoms. The number of hydrogen-bond donors (Lipinski definition) is 1. The number of nitrogens with one attached hydrogen (secondary N) is 1. The highest BCUT2D eigenvalue weighted by Gasteiger charge is 2.17. The molecule has 1 N–H and O–H groups in total. The van der Waals surface area contributed by atoms with Crippen molar-refractivity contribution in [3.8, 4) is 5.75 Å². The Labute approximate surface area is 157 Å². The number of carbonyl (C=O) groups excluding carboxylic acids is 1. The summed E-state index contributed by atoms with van der Waals surface area (Å²) in [5.74, 6) is 1.31. The van der Waals surface area contributed by atoms with Crippen molar-refractivity contribution < 1.29 is 18.7 Å². The zero-order chi connectivity index (χ0) is 18.6. The van der Waals surface area contributed by atoms with Gasteiger partial charge in [0.2, 0.25) is 0 Å². The van der Waals surface area contributed by atoms with Gasteiger partial charge in [-0.25, -0.2) is 4.98 Å². The van der Waals surface area contributed by atoms with Gasteiger partial charge in [0.1, 0.15) is 11.3 Å². The van der Waals surface area contributed by atoms with Crippen molar-refractivity contribution in [2.24, 2.45) is 0 Å². The number of rotatable bonds is 6. The minimum absolute atomic E-state index is 0.124. The fourth-order valence-corrected chi connectivity index (χ4v) is 3.22. The first-order chi connectivity index (χ1) is 13.2. The van der Waals surface area contributed by atoms with Crippen LogP contribution in [-0.2, 0) is 11.2 Å². The van der Waals surface area contributed by atoms with Crippen LogP contribution in [0.15, 0.2) is 46.9 Å². The second-order valence-corrected chi connectivity index (χ2v) is 6.66. The first-order valence-electron chi connectivity index (χ1n) is 9.13. The summed E-state index contributed by atoms with van der Waals surface area (Å²) in [4.78, 5) is 16.9. The number of hydrogen-bond acceptors (Lipinski definition) is 5. The third kappa shape index (κ3) is 4.11. The van der Waals surface area contributed by atoms with E-state index in [-0.39, 0.29) is 12.0 Å². The average molecular weight is 366 g/mol. The molecule has 1 unspecified atom stereocenters. The summed E-state index contributed by atoms with van der Waals surface area (Å²) < 4.78 is 16.6. The van der Waals surface area contributed by atoms with Gasteiger partial charge in [0, 0.05) is 25.1 Å². The summed E-state index contributed by atoms with van der Waals surface area (Å²) in [5.41, 5.74) is 3.00. The summed E-state index contributed by atoms with van der Waals surface area (Å²) in [6.45, 7) is 1.32. The molecule has 1 atom stereocenters. The maximum Gasteiger partial charge on any atom is 0.251 e. The van der Waals surface area contributed by atoms with E-state index in [1.807, 2.05) is 30.3 Å². The fourth-order valence-electron chi connectivity index (χ4n) is 3.22. The third-order valence-corrected chi connectivity index (χ3v) is 4.72. The first kappa shape index (κ1) is 17.5. The van der Waals surface area contributed by atoms with Crippen LogP contribution >= 0.6 is 0 Å². The highest BCUT2D eigenvalue weighted by atomic mass is 16.5. The Kier molecular flexibility index (Phi) is 5.07. The number of fused-ring (bicyclic) bond motifs is 1. The van der Waals surface area contributed by atoms with E-state index in [0.717, 1.165) is 36.3 Å². The fraction of sp³-hybridized carbons (Fsp3) is 0.333. The molecule has 3 aromatic rings. The van der Waals surface area contributed by atoms with Crippen molar-refractivity contribution in [3.63, 3.8) is 0 Å². The Hall–Kier alpha value is -2.86. The van der Waals surface area contributed by atoms with E-state index < -0.39 is 0 Å². The molecule has 0 radical (unpaired) electrons. The number of carbonyl (C=O) groups is 1. The van der Waals surface area contributed by atoms with E-state index in [2.05, 4.69) is 10.3 Å². The SMILES string of the molecule is COc1ccc(Cc2nc3ccc(C(=O)NCC4CCCO4)cc3o2)cc1. The molecule has 1 amide bonds. The van der Waals surface area contributed by atoms with Crippen molar-refractivity contribution in [3.05, 3.63) is 59.5 Å². The normalized spacial score (nSPS) is 16.6. The smallest absolute Gasteiger partial charge is 0.251 e. The Bertz CT molecular complexity index is 927. The predicted molar refractivity (Wildman–Crippen MR) is 101 cm³/mol. The number of benzene rings is 2. The number of methoxy groups -OCH3 is 1. The van der Waals surface area contributed by atoms with Crippen LogP contribution < -0.4 is 10.1 Å². The molecule has 4 rings (SSSR count). The second-order valence-electron chi connectivity index (χ2n) is 6.66. The molecule has 140 valence electrons. The van der Waals surface area contributed by atoms with Gasteiger partial charge in [-0.05, 0) is 48.7 Å². The summed E-state index contributed by atoms with van der Waals surface area (Å²) in [5, 5.41) is 2.93. The van der Waals surface area contributed by atoms with Crippen LogP contribution in [0.3, 0.4) is 0 Å². The number of nitrogens with zero attached hydrogens (tertiary/aromatic N) is 1. The molecule has 0 saturated carbocycles. The van der Waals surface area contributed by atoms with Crippen molar-refractivity contribution in [2.45, 2.75) is 25.4 Å². The van der Waals surface area contributed by atoms with Crippen LogP contribution in [0.4, 0.5) is 0 Å². The largest absolute Gasteiger partial charge is 0.497 e. The Morgan fingerprint density at radius 3 is 2.85 bits per heavy atom. The molecule has 0 bridgehead atoms. The van der Waals surface area contributed by atoms with Crippen LogP contribution in [0, 0.1) is 0 Å². The van der Waals surface area contributed by atoms with E-state index in [1.54, 1.807) is 19.2 Å². The maximum atomic E-state index is 12.4. The topological polar surface area (TPSA) is 73.6 Å². The monoisotopic (exact) mass is 366 g/mol. The molecular weight excluding hydrogens is 344 g/mol. The van der Waals surface area contributed by atoms with E-state index >= 15 is 0 Å². The molecular formula is C21H22N2O4. The summed E-state index contributed by atoms with van der Waals surface area (Å²) in [6, 6.07) is 13.1. The number of oxazole rings is 1. The minimum atomic E-state index is -0.125. The molecule has 6 heteroatoms. The zero-order valence-corrected chi connectivity index (χ0v) is 15.2. The molecule has 1 fully saturated rings. The van der Waals surface area contributed by atoms with Crippen molar-refractivity contribution in [1.29, 1.82) is 0 Å². The van der Waals surface area contributed by atoms with Crippen molar-refractivity contribution >= 4 is 17.0 Å². The Balaban J connectivity index is 1.44. The molecule has 1 saturated heterocycles. The van der Waals surface area contributed by atoms with Gasteiger partial charge in [-0.15, -0.1) is 0 Å². The quantitative estimate of drug-likeness (QED) is 0.724. The first-order valence-corrected chi connectivity index (χ1v) is 9.13. The highest BCUT2D eigenvalue weighted by Crippen LogP contribution is 2.21. The number of aromatic nitrogens is 1. The van der Waals surface area contributed by atoms with E-state index in [9.17, 15) is 4.79 Å².